The van der Waals surface area contributed by atoms with Crippen molar-refractivity contribution in [3.63, 3.8) is 0 Å². The van der Waals surface area contributed by atoms with Gasteiger partial charge in [-0.15, -0.1) is 0 Å². The molecule has 0 fully saturated rings. The summed E-state index contributed by atoms with van der Waals surface area (Å²) < 4.78 is 0. The monoisotopic (exact) mass is 348 g/mol. The first-order valence-electron chi connectivity index (χ1n) is 10.4. The minimum Gasteiger partial charge on any atom is -0.392 e. The van der Waals surface area contributed by atoms with E-state index in [4.69, 9.17) is 5.11 Å². The van der Waals surface area contributed by atoms with E-state index in [1.807, 2.05) is 6.08 Å². The number of rotatable bonds is 18. The molecule has 0 aliphatic rings. The molecule has 2 heteroatoms. The number of aliphatic hydroxyl groups excluding tert-OH is 1. The lowest BCUT2D eigenvalue weighted by molar-refractivity contribution is -0.110. The minimum atomic E-state index is -0.0745. The lowest BCUT2D eigenvalue weighted by atomic mass is 10.1. The van der Waals surface area contributed by atoms with Gasteiger partial charge >= 0.3 is 0 Å². The number of ketones is 1. The highest BCUT2D eigenvalue weighted by molar-refractivity contribution is 5.99. The standard InChI is InChI=1S/C23H40O2/c1-2-3-4-5-6-7-8-9-10-11-12-13-14-15-16-17-18-20-23(25)21-19-22-24/h7-8,18-21,24H,2-6,9-17,22H2,1H3/b8-7?,20-18+,21-19+. The summed E-state index contributed by atoms with van der Waals surface area (Å²) in [6.45, 7) is 2.18. The predicted molar refractivity (Wildman–Crippen MR) is 110 cm³/mol. The molecule has 0 atom stereocenters. The molecule has 2 nitrogen and oxygen atoms in total. The summed E-state index contributed by atoms with van der Waals surface area (Å²) >= 11 is 0. The second kappa shape index (κ2) is 20.9. The third-order valence-electron chi connectivity index (χ3n) is 4.30. The molecule has 0 spiro atoms. The lowest BCUT2D eigenvalue weighted by Crippen LogP contribution is -1.86. The smallest absolute Gasteiger partial charge is 0.178 e. The maximum Gasteiger partial charge on any atom is 0.178 e. The second-order valence-electron chi connectivity index (χ2n) is 6.76. The van der Waals surface area contributed by atoms with Crippen molar-refractivity contribution in [1.82, 2.24) is 0 Å². The zero-order chi connectivity index (χ0) is 18.4. The molecule has 0 aromatic carbocycles. The Morgan fingerprint density at radius 2 is 1.08 bits per heavy atom. The predicted octanol–water partition coefficient (Wildman–Crippen LogP) is 6.70. The molecular weight excluding hydrogens is 308 g/mol. The fourth-order valence-electron chi connectivity index (χ4n) is 2.76. The third kappa shape index (κ3) is 20.8. The maximum atomic E-state index is 11.3. The van der Waals surface area contributed by atoms with Gasteiger partial charge in [-0.05, 0) is 50.7 Å². The molecule has 0 saturated carbocycles. The van der Waals surface area contributed by atoms with Gasteiger partial charge in [-0.25, -0.2) is 0 Å². The molecule has 0 unspecified atom stereocenters. The molecule has 0 heterocycles. The highest BCUT2D eigenvalue weighted by atomic mass is 16.2. The summed E-state index contributed by atoms with van der Waals surface area (Å²) in [6, 6.07) is 0. The van der Waals surface area contributed by atoms with Crippen LogP contribution in [0.4, 0.5) is 0 Å². The van der Waals surface area contributed by atoms with Crippen LogP contribution >= 0.6 is 0 Å². The third-order valence-corrected chi connectivity index (χ3v) is 4.30. The Hall–Kier alpha value is -1.15. The zero-order valence-corrected chi connectivity index (χ0v) is 16.4. The van der Waals surface area contributed by atoms with Gasteiger partial charge in [0.25, 0.3) is 0 Å². The highest BCUT2D eigenvalue weighted by Gasteiger charge is 1.92. The van der Waals surface area contributed by atoms with Gasteiger partial charge in [-0.3, -0.25) is 4.79 Å². The Labute approximate surface area is 156 Å². The SMILES string of the molecule is CCCCCCC=CCCCCCCCCC/C=C/C(=O)/C=C/CO. The van der Waals surface area contributed by atoms with Crippen molar-refractivity contribution in [3.8, 4) is 0 Å². The molecular formula is C23H40O2. The van der Waals surface area contributed by atoms with Crippen molar-refractivity contribution in [2.45, 2.75) is 96.8 Å². The van der Waals surface area contributed by atoms with Crippen LogP contribution in [0.25, 0.3) is 0 Å². The van der Waals surface area contributed by atoms with Gasteiger partial charge in [0, 0.05) is 0 Å². The second-order valence-corrected chi connectivity index (χ2v) is 6.76. The molecule has 1 N–H and O–H groups in total. The summed E-state index contributed by atoms with van der Waals surface area (Å²) in [7, 11) is 0. The van der Waals surface area contributed by atoms with Crippen molar-refractivity contribution in [3.05, 3.63) is 36.5 Å². The van der Waals surface area contributed by atoms with Crippen LogP contribution in [0.5, 0.6) is 0 Å². The van der Waals surface area contributed by atoms with E-state index in [2.05, 4.69) is 19.1 Å². The van der Waals surface area contributed by atoms with E-state index in [0.717, 1.165) is 12.8 Å². The van der Waals surface area contributed by atoms with E-state index in [9.17, 15) is 4.79 Å². The molecule has 0 amide bonds. The van der Waals surface area contributed by atoms with E-state index >= 15 is 0 Å². The van der Waals surface area contributed by atoms with Gasteiger partial charge in [0.05, 0.1) is 6.61 Å². The van der Waals surface area contributed by atoms with Crippen molar-refractivity contribution in [2.24, 2.45) is 0 Å². The van der Waals surface area contributed by atoms with E-state index in [1.54, 1.807) is 6.08 Å². The topological polar surface area (TPSA) is 37.3 Å². The fraction of sp³-hybridized carbons (Fsp3) is 0.696. The quantitative estimate of drug-likeness (QED) is 0.170. The number of carbonyl (C=O) groups excluding carboxylic acids is 1. The Balaban J connectivity index is 3.23. The Bertz CT molecular complexity index is 366. The first-order chi connectivity index (χ1) is 12.3. The highest BCUT2D eigenvalue weighted by Crippen LogP contribution is 2.10. The lowest BCUT2D eigenvalue weighted by Gasteiger charge is -2.00. The van der Waals surface area contributed by atoms with Gasteiger partial charge in [-0.1, -0.05) is 82.6 Å². The molecule has 0 radical (unpaired) electrons. The van der Waals surface area contributed by atoms with Crippen LogP contribution in [0.1, 0.15) is 96.8 Å². The normalized spacial score (nSPS) is 12.1. The number of hydrogen-bond donors (Lipinski definition) is 1. The van der Waals surface area contributed by atoms with Crippen LogP contribution in [0.2, 0.25) is 0 Å². The Morgan fingerprint density at radius 1 is 0.640 bits per heavy atom. The molecule has 144 valence electrons. The van der Waals surface area contributed by atoms with Crippen LogP contribution in [-0.4, -0.2) is 17.5 Å². The average Bonchev–Trinajstić information content (AvgIpc) is 2.62. The van der Waals surface area contributed by atoms with Crippen molar-refractivity contribution in [1.29, 1.82) is 0 Å². The average molecular weight is 349 g/mol. The summed E-state index contributed by atoms with van der Waals surface area (Å²) in [5.74, 6) is -0.0379. The van der Waals surface area contributed by atoms with Gasteiger partial charge < -0.3 is 5.11 Å². The van der Waals surface area contributed by atoms with Gasteiger partial charge in [0.1, 0.15) is 0 Å². The number of hydrogen-bond acceptors (Lipinski definition) is 2. The molecule has 25 heavy (non-hydrogen) atoms. The number of unbranched alkanes of at least 4 members (excludes halogenated alkanes) is 12. The first-order valence-corrected chi connectivity index (χ1v) is 10.4. The van der Waals surface area contributed by atoms with Crippen LogP contribution < -0.4 is 0 Å². The summed E-state index contributed by atoms with van der Waals surface area (Å²) in [4.78, 5) is 11.3. The molecule has 0 aliphatic heterocycles. The summed E-state index contributed by atoms with van der Waals surface area (Å²) in [5, 5.41) is 8.57. The van der Waals surface area contributed by atoms with E-state index < -0.39 is 0 Å². The van der Waals surface area contributed by atoms with E-state index in [-0.39, 0.29) is 12.4 Å². The molecule has 0 saturated heterocycles. The first kappa shape index (κ1) is 23.9. The summed E-state index contributed by atoms with van der Waals surface area (Å²) in [6.07, 6.45) is 29.2. The Morgan fingerprint density at radius 3 is 1.60 bits per heavy atom. The molecule has 0 aliphatic carbocycles. The molecule has 0 aromatic heterocycles. The molecule has 0 bridgehead atoms. The zero-order valence-electron chi connectivity index (χ0n) is 16.4. The van der Waals surface area contributed by atoms with E-state index in [1.165, 1.54) is 89.2 Å². The maximum absolute atomic E-state index is 11.3. The van der Waals surface area contributed by atoms with Gasteiger partial charge in [-0.2, -0.15) is 0 Å². The number of carbonyl (C=O) groups is 1. The molecule has 0 aromatic rings. The number of allylic oxidation sites excluding steroid dienone is 5. The molecule has 0 rings (SSSR count). The van der Waals surface area contributed by atoms with Crippen LogP contribution in [0.3, 0.4) is 0 Å². The Kier molecular flexibility index (Phi) is 19.9. The number of aliphatic hydroxyl groups is 1. The van der Waals surface area contributed by atoms with Crippen molar-refractivity contribution in [2.75, 3.05) is 6.61 Å². The van der Waals surface area contributed by atoms with Crippen LogP contribution in [0, 0.1) is 0 Å². The van der Waals surface area contributed by atoms with Crippen LogP contribution in [0.15, 0.2) is 36.5 Å². The largest absolute Gasteiger partial charge is 0.392 e. The van der Waals surface area contributed by atoms with Crippen molar-refractivity contribution < 1.29 is 9.90 Å². The minimum absolute atomic E-state index is 0.0379. The summed E-state index contributed by atoms with van der Waals surface area (Å²) in [5.41, 5.74) is 0. The van der Waals surface area contributed by atoms with E-state index in [0.29, 0.717) is 0 Å². The van der Waals surface area contributed by atoms with Gasteiger partial charge in [0.2, 0.25) is 0 Å². The van der Waals surface area contributed by atoms with Gasteiger partial charge in [0.15, 0.2) is 5.78 Å². The van der Waals surface area contributed by atoms with Crippen LogP contribution in [-0.2, 0) is 4.79 Å². The fourth-order valence-corrected chi connectivity index (χ4v) is 2.76. The van der Waals surface area contributed by atoms with Crippen molar-refractivity contribution >= 4 is 5.78 Å².